The van der Waals surface area contributed by atoms with E-state index in [0.717, 1.165) is 49.9 Å². The minimum Gasteiger partial charge on any atom is -0.490 e. The van der Waals surface area contributed by atoms with Gasteiger partial charge in [0.1, 0.15) is 19.3 Å². The van der Waals surface area contributed by atoms with Gasteiger partial charge in [-0.2, -0.15) is 0 Å². The van der Waals surface area contributed by atoms with Crippen LogP contribution in [0.3, 0.4) is 0 Å². The number of likely N-dealkylation sites (N-methyl/N-ethyl adjacent to an activating group) is 1. The minimum absolute atomic E-state index is 0.189. The Morgan fingerprint density at radius 1 is 0.914 bits per heavy atom. The topological polar surface area (TPSA) is 72.9 Å². The molecule has 0 amide bonds. The van der Waals surface area contributed by atoms with Gasteiger partial charge in [0.15, 0.2) is 23.0 Å². The number of benzene rings is 2. The van der Waals surface area contributed by atoms with Crippen LogP contribution < -0.4 is 18.9 Å². The number of nitrogens with zero attached hydrogens (tertiary/aromatic N) is 2. The predicted octanol–water partition coefficient (Wildman–Crippen LogP) is 3.07. The summed E-state index contributed by atoms with van der Waals surface area (Å²) in [6.45, 7) is 11.3. The predicted molar refractivity (Wildman–Crippen MR) is 136 cm³/mol. The summed E-state index contributed by atoms with van der Waals surface area (Å²) in [7, 11) is 1.98. The fraction of sp³-hybridized carbons (Fsp3) is 0.556. The number of morpholine rings is 1. The van der Waals surface area contributed by atoms with Crippen LogP contribution in [0.5, 0.6) is 23.0 Å². The number of ether oxygens (including phenoxy) is 5. The van der Waals surface area contributed by atoms with Crippen molar-refractivity contribution >= 4 is 0 Å². The molecule has 8 nitrogen and oxygen atoms in total. The molecular weight excluding hydrogens is 448 g/mol. The summed E-state index contributed by atoms with van der Waals surface area (Å²) in [5, 5.41) is 10.5. The third kappa shape index (κ3) is 9.22. The van der Waals surface area contributed by atoms with Gasteiger partial charge in [0, 0.05) is 32.7 Å². The number of hydrogen-bond donors (Lipinski definition) is 1. The molecule has 1 aliphatic rings. The lowest BCUT2D eigenvalue weighted by molar-refractivity contribution is 0.0320. The molecule has 35 heavy (non-hydrogen) atoms. The molecule has 0 saturated carbocycles. The van der Waals surface area contributed by atoms with Crippen LogP contribution >= 0.6 is 0 Å². The van der Waals surface area contributed by atoms with E-state index in [0.29, 0.717) is 44.4 Å². The largest absolute Gasteiger partial charge is 0.490 e. The van der Waals surface area contributed by atoms with E-state index in [2.05, 4.69) is 9.80 Å². The molecule has 0 aromatic heterocycles. The van der Waals surface area contributed by atoms with Gasteiger partial charge in [-0.25, -0.2) is 0 Å². The number of para-hydroxylation sites is 2. The highest BCUT2D eigenvalue weighted by Crippen LogP contribution is 2.29. The molecule has 3 rings (SSSR count). The van der Waals surface area contributed by atoms with Crippen LogP contribution in [-0.4, -0.2) is 93.9 Å². The van der Waals surface area contributed by atoms with E-state index in [1.54, 1.807) is 0 Å². The molecule has 1 fully saturated rings. The average molecular weight is 489 g/mol. The van der Waals surface area contributed by atoms with E-state index in [9.17, 15) is 5.11 Å². The first-order valence-corrected chi connectivity index (χ1v) is 12.5. The van der Waals surface area contributed by atoms with Crippen LogP contribution in [0.1, 0.15) is 19.4 Å². The van der Waals surface area contributed by atoms with Crippen molar-refractivity contribution in [3.8, 4) is 23.0 Å². The molecule has 0 spiro atoms. The highest BCUT2D eigenvalue weighted by molar-refractivity contribution is 5.43. The summed E-state index contributed by atoms with van der Waals surface area (Å²) in [5.41, 5.74) is 1.09. The number of aliphatic hydroxyl groups is 1. The molecule has 1 saturated heterocycles. The average Bonchev–Trinajstić information content (AvgIpc) is 2.86. The van der Waals surface area contributed by atoms with Gasteiger partial charge < -0.3 is 28.8 Å². The molecule has 2 aromatic rings. The van der Waals surface area contributed by atoms with Crippen molar-refractivity contribution in [2.24, 2.45) is 0 Å². The maximum Gasteiger partial charge on any atom is 0.161 e. The van der Waals surface area contributed by atoms with E-state index in [1.165, 1.54) is 0 Å². The van der Waals surface area contributed by atoms with Crippen LogP contribution in [0.15, 0.2) is 42.5 Å². The highest BCUT2D eigenvalue weighted by Gasteiger charge is 2.14. The van der Waals surface area contributed by atoms with Gasteiger partial charge in [0.25, 0.3) is 0 Å². The van der Waals surface area contributed by atoms with Crippen molar-refractivity contribution in [1.82, 2.24) is 9.80 Å². The van der Waals surface area contributed by atoms with Crippen LogP contribution in [0.2, 0.25) is 0 Å². The lowest BCUT2D eigenvalue weighted by atomic mass is 10.2. The van der Waals surface area contributed by atoms with Crippen LogP contribution in [0, 0.1) is 0 Å². The van der Waals surface area contributed by atoms with Gasteiger partial charge in [-0.3, -0.25) is 9.80 Å². The van der Waals surface area contributed by atoms with Gasteiger partial charge in [-0.15, -0.1) is 0 Å². The first kappa shape index (κ1) is 27.1. The van der Waals surface area contributed by atoms with E-state index in [-0.39, 0.29) is 6.61 Å². The van der Waals surface area contributed by atoms with E-state index < -0.39 is 6.10 Å². The Hall–Kier alpha value is -2.52. The second kappa shape index (κ2) is 14.8. The molecule has 1 aliphatic heterocycles. The fourth-order valence-electron chi connectivity index (χ4n) is 3.97. The Balaban J connectivity index is 1.47. The lowest BCUT2D eigenvalue weighted by Crippen LogP contribution is -2.38. The monoisotopic (exact) mass is 488 g/mol. The van der Waals surface area contributed by atoms with E-state index in [4.69, 9.17) is 23.7 Å². The Labute approximate surface area is 209 Å². The summed E-state index contributed by atoms with van der Waals surface area (Å²) in [4.78, 5) is 4.41. The molecule has 1 unspecified atom stereocenters. The van der Waals surface area contributed by atoms with Crippen molar-refractivity contribution in [3.05, 3.63) is 48.0 Å². The van der Waals surface area contributed by atoms with E-state index >= 15 is 0 Å². The van der Waals surface area contributed by atoms with Crippen molar-refractivity contribution in [1.29, 1.82) is 0 Å². The zero-order chi connectivity index (χ0) is 24.9. The molecule has 2 aromatic carbocycles. The van der Waals surface area contributed by atoms with Gasteiger partial charge in [0.2, 0.25) is 0 Å². The first-order chi connectivity index (χ1) is 17.1. The quantitative estimate of drug-likeness (QED) is 0.410. The summed E-state index contributed by atoms with van der Waals surface area (Å²) >= 11 is 0. The lowest BCUT2D eigenvalue weighted by Gasteiger charge is -2.26. The molecule has 1 atom stereocenters. The Kier molecular flexibility index (Phi) is 11.4. The standard InChI is InChI=1S/C27H40N2O6/c1-4-32-24-8-6-7-9-25(24)35-21-23(30)20-28(3)19-22-10-11-26(27(18-22)33-5-2)34-17-14-29-12-15-31-16-13-29/h6-11,18,23,30H,4-5,12-17,19-21H2,1-3H3. The molecule has 0 aliphatic carbocycles. The Morgan fingerprint density at radius 3 is 2.29 bits per heavy atom. The van der Waals surface area contributed by atoms with Crippen molar-refractivity contribution in [3.63, 3.8) is 0 Å². The van der Waals surface area contributed by atoms with Gasteiger partial charge in [-0.1, -0.05) is 18.2 Å². The molecule has 0 radical (unpaired) electrons. The molecular formula is C27H40N2O6. The number of rotatable bonds is 15. The van der Waals surface area contributed by atoms with Crippen LogP contribution in [0.25, 0.3) is 0 Å². The van der Waals surface area contributed by atoms with Gasteiger partial charge in [-0.05, 0) is 50.7 Å². The molecule has 1 N–H and O–H groups in total. The van der Waals surface area contributed by atoms with Crippen molar-refractivity contribution in [2.75, 3.05) is 72.9 Å². The Morgan fingerprint density at radius 2 is 1.57 bits per heavy atom. The third-order valence-corrected chi connectivity index (χ3v) is 5.63. The van der Waals surface area contributed by atoms with Crippen molar-refractivity contribution < 1.29 is 28.8 Å². The first-order valence-electron chi connectivity index (χ1n) is 12.5. The SMILES string of the molecule is CCOc1cc(CN(C)CC(O)COc2ccccc2OCC)ccc1OCCN1CCOCC1. The molecule has 8 heteroatoms. The van der Waals surface area contributed by atoms with Crippen LogP contribution in [-0.2, 0) is 11.3 Å². The molecule has 194 valence electrons. The molecule has 0 bridgehead atoms. The normalized spacial score (nSPS) is 15.1. The zero-order valence-electron chi connectivity index (χ0n) is 21.3. The maximum atomic E-state index is 10.5. The molecule has 1 heterocycles. The number of aliphatic hydroxyl groups excluding tert-OH is 1. The Bertz CT molecular complexity index is 875. The summed E-state index contributed by atoms with van der Waals surface area (Å²) < 4.78 is 28.7. The summed E-state index contributed by atoms with van der Waals surface area (Å²) in [5.74, 6) is 2.83. The summed E-state index contributed by atoms with van der Waals surface area (Å²) in [6, 6.07) is 13.5. The highest BCUT2D eigenvalue weighted by atomic mass is 16.5. The number of hydrogen-bond acceptors (Lipinski definition) is 8. The second-order valence-corrected chi connectivity index (χ2v) is 8.56. The van der Waals surface area contributed by atoms with Gasteiger partial charge in [0.05, 0.1) is 26.4 Å². The van der Waals surface area contributed by atoms with Crippen LogP contribution in [0.4, 0.5) is 0 Å². The third-order valence-electron chi connectivity index (χ3n) is 5.63. The maximum absolute atomic E-state index is 10.5. The summed E-state index contributed by atoms with van der Waals surface area (Å²) in [6.07, 6.45) is -0.635. The van der Waals surface area contributed by atoms with Crippen molar-refractivity contribution in [2.45, 2.75) is 26.5 Å². The smallest absolute Gasteiger partial charge is 0.161 e. The van der Waals surface area contributed by atoms with E-state index in [1.807, 2.05) is 63.4 Å². The van der Waals surface area contributed by atoms with Gasteiger partial charge >= 0.3 is 0 Å². The minimum atomic E-state index is -0.635. The zero-order valence-corrected chi connectivity index (χ0v) is 21.3. The fourth-order valence-corrected chi connectivity index (χ4v) is 3.97. The second-order valence-electron chi connectivity index (χ2n) is 8.56.